The van der Waals surface area contributed by atoms with Crippen molar-refractivity contribution >= 4 is 22.8 Å². The van der Waals surface area contributed by atoms with Gasteiger partial charge in [-0.25, -0.2) is 13.9 Å². The van der Waals surface area contributed by atoms with Gasteiger partial charge in [-0.2, -0.15) is 10.4 Å². The minimum absolute atomic E-state index is 0.154. The van der Waals surface area contributed by atoms with Gasteiger partial charge in [0.15, 0.2) is 12.2 Å². The van der Waals surface area contributed by atoms with Gasteiger partial charge in [0.2, 0.25) is 0 Å². The molecule has 0 radical (unpaired) electrons. The highest BCUT2D eigenvalue weighted by Crippen LogP contribution is 2.28. The van der Waals surface area contributed by atoms with Crippen LogP contribution in [-0.4, -0.2) is 53.9 Å². The molecule has 0 aliphatic rings. The number of alkyl halides is 1. The van der Waals surface area contributed by atoms with Crippen molar-refractivity contribution in [2.45, 2.75) is 25.6 Å². The number of amides is 1. The molecule has 1 amide bonds. The number of aliphatic hydroxyl groups is 1. The molecule has 5 rings (SSSR count). The monoisotopic (exact) mass is 526 g/mol. The number of nitrogens with zero attached hydrogens (tertiary/aromatic N) is 6. The van der Waals surface area contributed by atoms with Gasteiger partial charge in [0.25, 0.3) is 5.91 Å². The molecule has 1 unspecified atom stereocenters. The van der Waals surface area contributed by atoms with Gasteiger partial charge in [-0.3, -0.25) is 14.8 Å². The highest BCUT2D eigenvalue weighted by molar-refractivity contribution is 6.00. The predicted molar refractivity (Wildman–Crippen MR) is 140 cm³/mol. The van der Waals surface area contributed by atoms with E-state index in [-0.39, 0.29) is 12.1 Å². The van der Waals surface area contributed by atoms with Crippen molar-refractivity contribution in [1.29, 1.82) is 5.26 Å². The van der Waals surface area contributed by atoms with E-state index in [1.807, 2.05) is 6.07 Å². The Morgan fingerprint density at radius 1 is 1.15 bits per heavy atom. The van der Waals surface area contributed by atoms with Crippen LogP contribution in [0.4, 0.5) is 15.8 Å². The van der Waals surface area contributed by atoms with Crippen molar-refractivity contribution in [3.05, 3.63) is 78.7 Å². The van der Waals surface area contributed by atoms with Crippen LogP contribution in [0.25, 0.3) is 28.4 Å². The number of aromatic nitrogens is 5. The summed E-state index contributed by atoms with van der Waals surface area (Å²) < 4.78 is 21.2. The molecule has 0 aliphatic carbocycles. The molecule has 0 saturated heterocycles. The average molecular weight is 527 g/mol. The maximum Gasteiger partial charge on any atom is 0.255 e. The Labute approximate surface area is 222 Å². The third kappa shape index (κ3) is 5.43. The van der Waals surface area contributed by atoms with Gasteiger partial charge in [0.05, 0.1) is 70.1 Å². The Morgan fingerprint density at radius 2 is 1.97 bits per heavy atom. The average Bonchev–Trinajstić information content (AvgIpc) is 3.61. The van der Waals surface area contributed by atoms with Gasteiger partial charge in [-0.05, 0) is 50.2 Å². The molecule has 5 aromatic heterocycles. The Morgan fingerprint density at radius 3 is 2.67 bits per heavy atom. The van der Waals surface area contributed by atoms with E-state index in [4.69, 9.17) is 9.68 Å². The third-order valence-electron chi connectivity index (χ3n) is 5.98. The van der Waals surface area contributed by atoms with E-state index in [1.165, 1.54) is 32.6 Å². The van der Waals surface area contributed by atoms with Gasteiger partial charge < -0.3 is 20.2 Å². The molecule has 0 spiro atoms. The van der Waals surface area contributed by atoms with Crippen molar-refractivity contribution in [2.24, 2.45) is 0 Å². The highest BCUT2D eigenvalue weighted by Gasteiger charge is 2.27. The number of carbonyl (C=O) groups excluding carboxylic acids is 1. The smallest absolute Gasteiger partial charge is 0.255 e. The number of pyridine rings is 2. The number of nitriles is 1. The SMILES string of the molecule is CC(C)(O)C(F)CNC(=O)c1cnc(-c2ccc3cc(C#N)cnn23)cc1Nc1ccc(-c2cnco2)nc1. The highest BCUT2D eigenvalue weighted by atomic mass is 19.1. The van der Waals surface area contributed by atoms with Crippen molar-refractivity contribution in [3.8, 4) is 28.9 Å². The lowest BCUT2D eigenvalue weighted by Gasteiger charge is -2.22. The van der Waals surface area contributed by atoms with E-state index in [0.717, 1.165) is 0 Å². The first-order valence-corrected chi connectivity index (χ1v) is 11.9. The molecule has 5 aromatic rings. The minimum atomic E-state index is -1.67. The van der Waals surface area contributed by atoms with Crippen molar-refractivity contribution < 1.29 is 18.7 Å². The molecular weight excluding hydrogens is 503 g/mol. The van der Waals surface area contributed by atoms with Crippen LogP contribution >= 0.6 is 0 Å². The van der Waals surface area contributed by atoms with E-state index in [1.54, 1.807) is 47.2 Å². The van der Waals surface area contributed by atoms with Gasteiger partial charge in [0, 0.05) is 6.20 Å². The molecule has 5 heterocycles. The number of carbonyl (C=O) groups is 1. The van der Waals surface area contributed by atoms with Crippen LogP contribution in [-0.2, 0) is 0 Å². The fourth-order valence-electron chi connectivity index (χ4n) is 3.77. The third-order valence-corrected chi connectivity index (χ3v) is 5.98. The Bertz CT molecular complexity index is 1670. The number of hydrogen-bond acceptors (Lipinski definition) is 9. The Kier molecular flexibility index (Phi) is 6.74. The summed E-state index contributed by atoms with van der Waals surface area (Å²) in [5, 5.41) is 29.1. The molecule has 0 aromatic carbocycles. The van der Waals surface area contributed by atoms with Crippen LogP contribution in [0.15, 0.2) is 72.0 Å². The summed E-state index contributed by atoms with van der Waals surface area (Å²) in [5.74, 6) is -0.0703. The summed E-state index contributed by atoms with van der Waals surface area (Å²) in [6.07, 6.45) is 5.60. The Hall–Kier alpha value is -5.15. The molecule has 0 aliphatic heterocycles. The summed E-state index contributed by atoms with van der Waals surface area (Å²) in [6, 6.07) is 12.5. The molecule has 12 heteroatoms. The van der Waals surface area contributed by atoms with Crippen LogP contribution < -0.4 is 10.6 Å². The second-order valence-electron chi connectivity index (χ2n) is 9.28. The second kappa shape index (κ2) is 10.3. The Balaban J connectivity index is 1.49. The number of halogens is 1. The standard InChI is InChI=1S/C27H23FN8O3/c1-27(2,38)25(28)14-33-26(37)19-12-32-22(23-6-4-18-7-16(9-29)10-34-36(18)23)8-21(19)35-17-3-5-20(31-11-17)24-13-30-15-39-24/h3-8,10-13,15,25,38H,14H2,1-2H3,(H,32,35)(H,33,37). The zero-order chi connectivity index (χ0) is 27.6. The van der Waals surface area contributed by atoms with Gasteiger partial charge in [-0.1, -0.05) is 0 Å². The topological polar surface area (TPSA) is 154 Å². The van der Waals surface area contributed by atoms with E-state index in [9.17, 15) is 14.3 Å². The molecule has 39 heavy (non-hydrogen) atoms. The maximum atomic E-state index is 14.3. The van der Waals surface area contributed by atoms with E-state index < -0.39 is 17.7 Å². The maximum absolute atomic E-state index is 14.3. The first kappa shape index (κ1) is 25.5. The number of fused-ring (bicyclic) bond motifs is 1. The molecular formula is C27H23FN8O3. The summed E-state index contributed by atoms with van der Waals surface area (Å²) in [7, 11) is 0. The van der Waals surface area contributed by atoms with Crippen LogP contribution in [0.2, 0.25) is 0 Å². The van der Waals surface area contributed by atoms with Crippen LogP contribution in [0.5, 0.6) is 0 Å². The summed E-state index contributed by atoms with van der Waals surface area (Å²) in [6.45, 7) is 2.28. The largest absolute Gasteiger partial charge is 0.442 e. The molecule has 11 nitrogen and oxygen atoms in total. The molecule has 0 fully saturated rings. The van der Waals surface area contributed by atoms with Gasteiger partial charge in [0.1, 0.15) is 17.9 Å². The van der Waals surface area contributed by atoms with Crippen LogP contribution in [0.1, 0.15) is 29.8 Å². The van der Waals surface area contributed by atoms with E-state index >= 15 is 0 Å². The number of anilines is 2. The first-order chi connectivity index (χ1) is 18.7. The molecule has 0 bridgehead atoms. The quantitative estimate of drug-likeness (QED) is 0.273. The zero-order valence-corrected chi connectivity index (χ0v) is 21.0. The summed E-state index contributed by atoms with van der Waals surface area (Å²) >= 11 is 0. The molecule has 196 valence electrons. The van der Waals surface area contributed by atoms with Crippen LogP contribution in [0.3, 0.4) is 0 Å². The van der Waals surface area contributed by atoms with E-state index in [2.05, 4.69) is 36.8 Å². The predicted octanol–water partition coefficient (Wildman–Crippen LogP) is 3.90. The lowest BCUT2D eigenvalue weighted by molar-refractivity contribution is -0.00177. The zero-order valence-electron chi connectivity index (χ0n) is 21.0. The minimum Gasteiger partial charge on any atom is -0.442 e. The molecule has 1 atom stereocenters. The van der Waals surface area contributed by atoms with Crippen molar-refractivity contribution in [2.75, 3.05) is 11.9 Å². The summed E-state index contributed by atoms with van der Waals surface area (Å²) in [4.78, 5) is 25.8. The van der Waals surface area contributed by atoms with Gasteiger partial charge >= 0.3 is 0 Å². The van der Waals surface area contributed by atoms with E-state index in [0.29, 0.717) is 45.3 Å². The first-order valence-electron chi connectivity index (χ1n) is 11.9. The lowest BCUT2D eigenvalue weighted by Crippen LogP contribution is -2.42. The number of nitrogens with one attached hydrogen (secondary N) is 2. The van der Waals surface area contributed by atoms with Crippen LogP contribution in [0, 0.1) is 11.3 Å². The van der Waals surface area contributed by atoms with Crippen molar-refractivity contribution in [1.82, 2.24) is 29.9 Å². The fourth-order valence-corrected chi connectivity index (χ4v) is 3.77. The fraction of sp³-hybridized carbons (Fsp3) is 0.185. The van der Waals surface area contributed by atoms with Crippen molar-refractivity contribution in [3.63, 3.8) is 0 Å². The molecule has 0 saturated carbocycles. The van der Waals surface area contributed by atoms with Gasteiger partial charge in [-0.15, -0.1) is 0 Å². The number of hydrogen-bond donors (Lipinski definition) is 3. The second-order valence-corrected chi connectivity index (χ2v) is 9.28. The lowest BCUT2D eigenvalue weighted by atomic mass is 10.0. The summed E-state index contributed by atoms with van der Waals surface area (Å²) in [5.41, 5.74) is 2.34. The number of rotatable bonds is 8. The normalized spacial score (nSPS) is 12.2. The molecule has 3 N–H and O–H groups in total. The number of oxazole rings is 1.